The lowest BCUT2D eigenvalue weighted by atomic mass is 10.2. The Morgan fingerprint density at radius 2 is 2.09 bits per heavy atom. The molecule has 0 fully saturated rings. The third kappa shape index (κ3) is 4.63. The van der Waals surface area contributed by atoms with E-state index in [-0.39, 0.29) is 24.8 Å². The van der Waals surface area contributed by atoms with Crippen molar-refractivity contribution in [1.29, 1.82) is 0 Å². The molecule has 2 aromatic rings. The Morgan fingerprint density at radius 3 is 2.77 bits per heavy atom. The summed E-state index contributed by atoms with van der Waals surface area (Å²) in [5.74, 6) is -1.04. The summed E-state index contributed by atoms with van der Waals surface area (Å²) in [6, 6.07) is 7.23. The van der Waals surface area contributed by atoms with Gasteiger partial charge in [0.2, 0.25) is 5.91 Å². The first kappa shape index (κ1) is 16.1. The summed E-state index contributed by atoms with van der Waals surface area (Å²) < 4.78 is 13.3. The number of carbonyl (C=O) groups excluding carboxylic acids is 2. The normalized spacial score (nSPS) is 10.1. The quantitative estimate of drug-likeness (QED) is 0.855. The minimum Gasteiger partial charge on any atom is -0.351 e. The van der Waals surface area contributed by atoms with E-state index in [1.807, 2.05) is 0 Å². The lowest BCUT2D eigenvalue weighted by Gasteiger charge is -2.07. The molecule has 0 unspecified atom stereocenters. The molecule has 0 spiro atoms. The zero-order valence-electron chi connectivity index (χ0n) is 11.5. The van der Waals surface area contributed by atoms with Gasteiger partial charge >= 0.3 is 0 Å². The smallest absolute Gasteiger partial charge is 0.252 e. The summed E-state index contributed by atoms with van der Waals surface area (Å²) in [6.45, 7) is 0.175. The van der Waals surface area contributed by atoms with Gasteiger partial charge in [0.25, 0.3) is 5.91 Å². The lowest BCUT2D eigenvalue weighted by Crippen LogP contribution is -2.28. The predicted octanol–water partition coefficient (Wildman–Crippen LogP) is 2.74. The number of nitrogens with zero attached hydrogens (tertiary/aromatic N) is 1. The Balaban J connectivity index is 1.80. The fourth-order valence-electron chi connectivity index (χ4n) is 1.72. The average molecular weight is 366 g/mol. The van der Waals surface area contributed by atoms with Gasteiger partial charge < -0.3 is 10.6 Å². The number of anilines is 1. The Hall–Kier alpha value is -2.28. The van der Waals surface area contributed by atoms with Crippen molar-refractivity contribution in [3.63, 3.8) is 0 Å². The number of rotatable bonds is 5. The molecular weight excluding hydrogens is 353 g/mol. The van der Waals surface area contributed by atoms with Crippen LogP contribution in [0, 0.1) is 5.82 Å². The van der Waals surface area contributed by atoms with Crippen LogP contribution < -0.4 is 10.6 Å². The van der Waals surface area contributed by atoms with E-state index >= 15 is 0 Å². The summed E-state index contributed by atoms with van der Waals surface area (Å²) >= 11 is 3.13. The summed E-state index contributed by atoms with van der Waals surface area (Å²) in [4.78, 5) is 27.5. The number of pyridine rings is 1. The van der Waals surface area contributed by atoms with E-state index < -0.39 is 5.82 Å². The molecule has 7 heteroatoms. The Morgan fingerprint density at radius 1 is 1.27 bits per heavy atom. The van der Waals surface area contributed by atoms with E-state index in [1.54, 1.807) is 18.3 Å². The minimum absolute atomic E-state index is 0.124. The molecule has 0 saturated heterocycles. The van der Waals surface area contributed by atoms with E-state index in [9.17, 15) is 14.0 Å². The molecule has 0 aliphatic heterocycles. The fourth-order valence-corrected chi connectivity index (χ4v) is 2.25. The molecule has 0 radical (unpaired) electrons. The van der Waals surface area contributed by atoms with Gasteiger partial charge in [-0.2, -0.15) is 0 Å². The van der Waals surface area contributed by atoms with Gasteiger partial charge in [0.05, 0.1) is 17.4 Å². The number of hydrogen-bond acceptors (Lipinski definition) is 3. The first-order valence-electron chi connectivity index (χ1n) is 6.49. The van der Waals surface area contributed by atoms with Crippen LogP contribution in [0.25, 0.3) is 0 Å². The second-order valence-corrected chi connectivity index (χ2v) is 5.27. The summed E-state index contributed by atoms with van der Waals surface area (Å²) in [5.41, 5.74) is 0.911. The maximum atomic E-state index is 13.0. The number of amides is 2. The third-order valence-electron chi connectivity index (χ3n) is 2.76. The van der Waals surface area contributed by atoms with Crippen LogP contribution in [0.15, 0.2) is 47.2 Å². The van der Waals surface area contributed by atoms with Crippen molar-refractivity contribution in [1.82, 2.24) is 10.3 Å². The van der Waals surface area contributed by atoms with Crippen molar-refractivity contribution < 1.29 is 14.0 Å². The number of carbonyl (C=O) groups is 2. The summed E-state index contributed by atoms with van der Waals surface area (Å²) in [5, 5.41) is 5.27. The highest BCUT2D eigenvalue weighted by Crippen LogP contribution is 2.17. The Kier molecular flexibility index (Phi) is 5.60. The topological polar surface area (TPSA) is 71.1 Å². The van der Waals surface area contributed by atoms with Gasteiger partial charge in [-0.3, -0.25) is 14.6 Å². The predicted molar refractivity (Wildman–Crippen MR) is 83.9 cm³/mol. The minimum atomic E-state index is -0.431. The molecule has 0 bridgehead atoms. The van der Waals surface area contributed by atoms with Gasteiger partial charge in [-0.15, -0.1) is 0 Å². The number of halogens is 2. The van der Waals surface area contributed by atoms with E-state index in [0.717, 1.165) is 0 Å². The molecule has 1 aromatic heterocycles. The van der Waals surface area contributed by atoms with Gasteiger partial charge in [0.15, 0.2) is 0 Å². The molecule has 5 nitrogen and oxygen atoms in total. The third-order valence-corrected chi connectivity index (χ3v) is 3.41. The van der Waals surface area contributed by atoms with E-state index in [2.05, 4.69) is 31.5 Å². The van der Waals surface area contributed by atoms with Crippen molar-refractivity contribution in [3.05, 3.63) is 58.6 Å². The lowest BCUT2D eigenvalue weighted by molar-refractivity contribution is -0.116. The Bertz CT molecular complexity index is 680. The van der Waals surface area contributed by atoms with Crippen LogP contribution in [-0.4, -0.2) is 23.3 Å². The maximum Gasteiger partial charge on any atom is 0.252 e. The number of hydrogen-bond donors (Lipinski definition) is 2. The van der Waals surface area contributed by atoms with Crippen LogP contribution in [0.2, 0.25) is 0 Å². The molecule has 1 heterocycles. The van der Waals surface area contributed by atoms with Crippen LogP contribution in [0.3, 0.4) is 0 Å². The van der Waals surface area contributed by atoms with Gasteiger partial charge in [0.1, 0.15) is 5.82 Å². The highest BCUT2D eigenvalue weighted by Gasteiger charge is 2.11. The first-order valence-corrected chi connectivity index (χ1v) is 7.28. The van der Waals surface area contributed by atoms with Crippen LogP contribution in [0.4, 0.5) is 10.1 Å². The van der Waals surface area contributed by atoms with Gasteiger partial charge in [0, 0.05) is 23.6 Å². The van der Waals surface area contributed by atoms with Crippen molar-refractivity contribution in [3.8, 4) is 0 Å². The van der Waals surface area contributed by atoms with Crippen LogP contribution in [0.1, 0.15) is 16.8 Å². The molecule has 2 rings (SSSR count). The molecule has 0 saturated carbocycles. The van der Waals surface area contributed by atoms with E-state index in [1.165, 1.54) is 24.4 Å². The second-order valence-electron chi connectivity index (χ2n) is 4.42. The van der Waals surface area contributed by atoms with Crippen LogP contribution in [0.5, 0.6) is 0 Å². The second kappa shape index (κ2) is 7.65. The van der Waals surface area contributed by atoms with E-state index in [4.69, 9.17) is 0 Å². The van der Waals surface area contributed by atoms with E-state index in [0.29, 0.717) is 15.7 Å². The molecule has 114 valence electrons. The van der Waals surface area contributed by atoms with Gasteiger partial charge in [-0.25, -0.2) is 4.39 Å². The van der Waals surface area contributed by atoms with Crippen molar-refractivity contribution >= 4 is 33.4 Å². The SMILES string of the molecule is O=C(CCNC(=O)c1ccc(F)cc1Br)Nc1cccnc1. The molecule has 0 aliphatic carbocycles. The number of benzene rings is 1. The molecular formula is C15H13BrFN3O2. The fraction of sp³-hybridized carbons (Fsp3) is 0.133. The monoisotopic (exact) mass is 365 g/mol. The average Bonchev–Trinajstić information content (AvgIpc) is 2.48. The molecule has 1 aromatic carbocycles. The maximum absolute atomic E-state index is 13.0. The number of nitrogens with one attached hydrogen (secondary N) is 2. The van der Waals surface area contributed by atoms with Gasteiger partial charge in [-0.1, -0.05) is 0 Å². The van der Waals surface area contributed by atoms with Crippen LogP contribution in [-0.2, 0) is 4.79 Å². The summed E-state index contributed by atoms with van der Waals surface area (Å²) in [6.07, 6.45) is 3.27. The van der Waals surface area contributed by atoms with Crippen molar-refractivity contribution in [2.24, 2.45) is 0 Å². The highest BCUT2D eigenvalue weighted by molar-refractivity contribution is 9.10. The van der Waals surface area contributed by atoms with Gasteiger partial charge in [-0.05, 0) is 46.3 Å². The Labute approximate surface area is 135 Å². The highest BCUT2D eigenvalue weighted by atomic mass is 79.9. The van der Waals surface area contributed by atoms with Crippen LogP contribution >= 0.6 is 15.9 Å². The standard InChI is InChI=1S/C15H13BrFN3O2/c16-13-8-10(17)3-4-12(13)15(22)19-7-5-14(21)20-11-2-1-6-18-9-11/h1-4,6,8-9H,5,7H2,(H,19,22)(H,20,21). The largest absolute Gasteiger partial charge is 0.351 e. The number of aromatic nitrogens is 1. The molecule has 2 N–H and O–H groups in total. The molecule has 2 amide bonds. The zero-order valence-corrected chi connectivity index (χ0v) is 13.1. The molecule has 0 atom stereocenters. The summed E-state index contributed by atoms with van der Waals surface area (Å²) in [7, 11) is 0. The molecule has 22 heavy (non-hydrogen) atoms. The zero-order chi connectivity index (χ0) is 15.9. The first-order chi connectivity index (χ1) is 10.6. The van der Waals surface area contributed by atoms with Crippen molar-refractivity contribution in [2.75, 3.05) is 11.9 Å². The molecule has 0 aliphatic rings. The van der Waals surface area contributed by atoms with Crippen molar-refractivity contribution in [2.45, 2.75) is 6.42 Å².